The van der Waals surface area contributed by atoms with Gasteiger partial charge in [-0.3, -0.25) is 4.68 Å². The van der Waals surface area contributed by atoms with Crippen molar-refractivity contribution in [2.75, 3.05) is 0 Å². The molecule has 3 heterocycles. The van der Waals surface area contributed by atoms with E-state index < -0.39 is 0 Å². The molecule has 0 bridgehead atoms. The molecule has 7 aromatic rings. The molecular formula is C39H34N4OPt. The molecular weight excluding hydrogens is 736 g/mol. The van der Waals surface area contributed by atoms with E-state index in [9.17, 15) is 0 Å². The van der Waals surface area contributed by atoms with Crippen LogP contribution >= 0.6 is 0 Å². The summed E-state index contributed by atoms with van der Waals surface area (Å²) in [6, 6.07) is 36.1. The third-order valence-electron chi connectivity index (χ3n) is 8.19. The predicted molar refractivity (Wildman–Crippen MR) is 178 cm³/mol. The van der Waals surface area contributed by atoms with Crippen LogP contribution in [-0.4, -0.2) is 19.3 Å². The maximum Gasteiger partial charge on any atom is 2.00 e. The molecule has 226 valence electrons. The third kappa shape index (κ3) is 5.85. The van der Waals surface area contributed by atoms with Crippen molar-refractivity contribution in [2.24, 2.45) is 0 Å². The molecule has 0 amide bonds. The van der Waals surface area contributed by atoms with Crippen molar-refractivity contribution in [1.82, 2.24) is 19.3 Å². The molecule has 4 aromatic carbocycles. The molecule has 0 aliphatic carbocycles. The second-order valence-electron chi connectivity index (χ2n) is 11.6. The van der Waals surface area contributed by atoms with Crippen LogP contribution in [0.3, 0.4) is 0 Å². The standard InChI is InChI=1S/C39H34N4O.Pt/c1-5-10-28-12-8-11-27(4)39(28)30-24-41-42(25-30)31-13-9-14-32(22-31)44-33-17-18-35-34-15-6-7-16-36(34)43(37(35)23-33)38-21-29(26(2)3)19-20-40-38;/h6-9,11-21,24-26H,5,10H2,1-4H3;/q-2;+2. The fraction of sp³-hybridized carbons (Fsp3) is 0.179. The molecule has 0 radical (unpaired) electrons. The molecule has 0 atom stereocenters. The molecule has 0 N–H and O–H groups in total. The Kier molecular flexibility index (Phi) is 8.74. The van der Waals surface area contributed by atoms with E-state index in [0.717, 1.165) is 51.7 Å². The minimum Gasteiger partial charge on any atom is -0.509 e. The molecule has 0 aliphatic heterocycles. The molecule has 0 saturated heterocycles. The van der Waals surface area contributed by atoms with Gasteiger partial charge >= 0.3 is 21.1 Å². The van der Waals surface area contributed by atoms with Crippen LogP contribution in [0, 0.1) is 19.1 Å². The second kappa shape index (κ2) is 12.9. The molecule has 7 rings (SSSR count). The van der Waals surface area contributed by atoms with Crippen LogP contribution in [0.15, 0.2) is 104 Å². The average Bonchev–Trinajstić information content (AvgIpc) is 3.65. The first kappa shape index (κ1) is 30.6. The van der Waals surface area contributed by atoms with Gasteiger partial charge < -0.3 is 9.30 Å². The molecule has 3 aromatic heterocycles. The minimum atomic E-state index is 0. The van der Waals surface area contributed by atoms with Crippen LogP contribution in [0.2, 0.25) is 0 Å². The Bertz CT molecular complexity index is 2120. The Morgan fingerprint density at radius 3 is 2.53 bits per heavy atom. The molecule has 0 unspecified atom stereocenters. The van der Waals surface area contributed by atoms with Crippen LogP contribution in [0.1, 0.15) is 49.8 Å². The fourth-order valence-corrected chi connectivity index (χ4v) is 6.04. The summed E-state index contributed by atoms with van der Waals surface area (Å²) >= 11 is 0. The van der Waals surface area contributed by atoms with Crippen molar-refractivity contribution in [3.8, 4) is 34.1 Å². The first-order chi connectivity index (χ1) is 21.5. The quantitative estimate of drug-likeness (QED) is 0.145. The maximum absolute atomic E-state index is 6.37. The zero-order valence-corrected chi connectivity index (χ0v) is 28.1. The number of benzene rings is 4. The molecule has 0 fully saturated rings. The first-order valence-corrected chi connectivity index (χ1v) is 15.3. The number of fused-ring (bicyclic) bond motifs is 3. The van der Waals surface area contributed by atoms with Crippen molar-refractivity contribution in [3.05, 3.63) is 132 Å². The summed E-state index contributed by atoms with van der Waals surface area (Å²) < 4.78 is 10.4. The summed E-state index contributed by atoms with van der Waals surface area (Å²) in [5.74, 6) is 2.48. The predicted octanol–water partition coefficient (Wildman–Crippen LogP) is 9.81. The molecule has 5 nitrogen and oxygen atoms in total. The Morgan fingerprint density at radius 2 is 1.69 bits per heavy atom. The van der Waals surface area contributed by atoms with Gasteiger partial charge in [-0.1, -0.05) is 69.1 Å². The van der Waals surface area contributed by atoms with E-state index in [1.54, 1.807) is 0 Å². The smallest absolute Gasteiger partial charge is 0.509 e. The molecule has 0 spiro atoms. The van der Waals surface area contributed by atoms with Crippen molar-refractivity contribution < 1.29 is 25.8 Å². The van der Waals surface area contributed by atoms with Gasteiger partial charge in [0.2, 0.25) is 0 Å². The number of aryl methyl sites for hydroxylation is 2. The minimum absolute atomic E-state index is 0. The van der Waals surface area contributed by atoms with E-state index in [1.165, 1.54) is 22.3 Å². The van der Waals surface area contributed by atoms with E-state index in [0.29, 0.717) is 17.4 Å². The summed E-state index contributed by atoms with van der Waals surface area (Å²) in [5, 5.41) is 6.95. The van der Waals surface area contributed by atoms with Gasteiger partial charge in [-0.15, -0.1) is 35.7 Å². The van der Waals surface area contributed by atoms with Gasteiger partial charge in [-0.2, -0.15) is 17.2 Å². The van der Waals surface area contributed by atoms with Gasteiger partial charge in [0.25, 0.3) is 0 Å². The van der Waals surface area contributed by atoms with Gasteiger partial charge in [0, 0.05) is 35.0 Å². The van der Waals surface area contributed by atoms with Crippen LogP contribution in [0.4, 0.5) is 0 Å². The van der Waals surface area contributed by atoms with Gasteiger partial charge in [-0.05, 0) is 70.8 Å². The monoisotopic (exact) mass is 769 g/mol. The van der Waals surface area contributed by atoms with Gasteiger partial charge in [0.05, 0.1) is 6.20 Å². The van der Waals surface area contributed by atoms with E-state index in [1.807, 2.05) is 41.3 Å². The van der Waals surface area contributed by atoms with Crippen molar-refractivity contribution in [3.63, 3.8) is 0 Å². The van der Waals surface area contributed by atoms with Crippen LogP contribution in [0.25, 0.3) is 44.4 Å². The van der Waals surface area contributed by atoms with Crippen molar-refractivity contribution >= 4 is 21.8 Å². The summed E-state index contributed by atoms with van der Waals surface area (Å²) in [4.78, 5) is 4.75. The topological polar surface area (TPSA) is 44.9 Å². The number of aromatic nitrogens is 4. The number of nitrogens with zero attached hydrogens (tertiary/aromatic N) is 4. The second-order valence-corrected chi connectivity index (χ2v) is 11.6. The summed E-state index contributed by atoms with van der Waals surface area (Å²) in [5.41, 5.74) is 9.03. The molecule has 0 saturated carbocycles. The summed E-state index contributed by atoms with van der Waals surface area (Å²) in [7, 11) is 0. The maximum atomic E-state index is 6.37. The normalized spacial score (nSPS) is 11.3. The van der Waals surface area contributed by atoms with Crippen molar-refractivity contribution in [2.45, 2.75) is 46.5 Å². The third-order valence-corrected chi connectivity index (χ3v) is 8.19. The van der Waals surface area contributed by atoms with E-state index in [4.69, 9.17) is 14.8 Å². The molecule has 0 aliphatic rings. The zero-order chi connectivity index (χ0) is 30.2. The number of pyridine rings is 1. The van der Waals surface area contributed by atoms with E-state index >= 15 is 0 Å². The van der Waals surface area contributed by atoms with Gasteiger partial charge in [-0.25, -0.2) is 4.98 Å². The number of rotatable bonds is 8. The Balaban J connectivity index is 0.00000357. The summed E-state index contributed by atoms with van der Waals surface area (Å²) in [6.07, 6.45) is 8.03. The van der Waals surface area contributed by atoms with Crippen molar-refractivity contribution in [1.29, 1.82) is 0 Å². The van der Waals surface area contributed by atoms with E-state index in [2.05, 4.69) is 111 Å². The Hall–Kier alpha value is -4.47. The Labute approximate surface area is 278 Å². The first-order valence-electron chi connectivity index (χ1n) is 15.3. The van der Waals surface area contributed by atoms with Gasteiger partial charge in [0.15, 0.2) is 0 Å². The SMILES string of the molecule is CCCc1cccc(C)c1-c1cnn(-c2[c-]c(Oc3[c-]c4c(cc3)c3ccccc3n4-c3cc(C(C)C)ccn3)ccc2)c1.[Pt+2]. The summed E-state index contributed by atoms with van der Waals surface area (Å²) in [6.45, 7) is 8.77. The zero-order valence-electron chi connectivity index (χ0n) is 25.8. The average molecular weight is 770 g/mol. The molecule has 45 heavy (non-hydrogen) atoms. The number of para-hydroxylation sites is 1. The largest absolute Gasteiger partial charge is 2.00 e. The van der Waals surface area contributed by atoms with Crippen LogP contribution in [-0.2, 0) is 27.5 Å². The number of ether oxygens (including phenoxy) is 1. The van der Waals surface area contributed by atoms with E-state index in [-0.39, 0.29) is 21.1 Å². The van der Waals surface area contributed by atoms with Crippen LogP contribution in [0.5, 0.6) is 11.5 Å². The molecule has 6 heteroatoms. The fourth-order valence-electron chi connectivity index (χ4n) is 6.04. The number of hydrogen-bond acceptors (Lipinski definition) is 3. The van der Waals surface area contributed by atoms with Gasteiger partial charge in [0.1, 0.15) is 5.82 Å². The van der Waals surface area contributed by atoms with Crippen LogP contribution < -0.4 is 4.74 Å². The Morgan fingerprint density at radius 1 is 0.867 bits per heavy atom. The number of hydrogen-bond donors (Lipinski definition) is 0.